The number of nitrogens with two attached hydrogens (primary N) is 2. The van der Waals surface area contributed by atoms with Gasteiger partial charge in [-0.05, 0) is 0 Å². The lowest BCUT2D eigenvalue weighted by atomic mass is 11.1. The molecule has 0 unspecified atom stereocenters. The fourth-order valence-electron chi connectivity index (χ4n) is 0.151. The Kier molecular flexibility index (Phi) is 2.99. The first-order valence-corrected chi connectivity index (χ1v) is 1.65. The minimum Gasteiger partial charge on any atom is -0.372 e. The van der Waals surface area contributed by atoms with E-state index < -0.39 is 0 Å². The van der Waals surface area contributed by atoms with Crippen molar-refractivity contribution in [2.45, 2.75) is 0 Å². The standard InChI is InChI=1S/C2H8N4O/c1-5-2(6-3)7-4/h3-4H2,1H3,(H,5,6). The van der Waals surface area contributed by atoms with Gasteiger partial charge in [0.2, 0.25) is 0 Å². The first kappa shape index (κ1) is 6.19. The summed E-state index contributed by atoms with van der Waals surface area (Å²) in [5.74, 6) is 9.43. The van der Waals surface area contributed by atoms with E-state index in [9.17, 15) is 0 Å². The molecule has 0 aromatic rings. The van der Waals surface area contributed by atoms with Gasteiger partial charge in [-0.25, -0.2) is 10.8 Å². The number of hydrazine groups is 1. The molecule has 0 saturated carbocycles. The van der Waals surface area contributed by atoms with Crippen molar-refractivity contribution in [3.8, 4) is 0 Å². The van der Waals surface area contributed by atoms with Crippen LogP contribution >= 0.6 is 0 Å². The van der Waals surface area contributed by atoms with E-state index in [1.54, 1.807) is 0 Å². The van der Waals surface area contributed by atoms with Gasteiger partial charge in [0.25, 0.3) is 0 Å². The molecule has 0 aliphatic rings. The Hall–Kier alpha value is -0.810. The molecule has 5 heteroatoms. The minimum atomic E-state index is 0.111. The van der Waals surface area contributed by atoms with Gasteiger partial charge in [0, 0.05) is 7.05 Å². The summed E-state index contributed by atoms with van der Waals surface area (Å²) in [4.78, 5) is 7.52. The summed E-state index contributed by atoms with van der Waals surface area (Å²) >= 11 is 0. The molecule has 0 amide bonds. The predicted octanol–water partition coefficient (Wildman–Crippen LogP) is -1.67. The lowest BCUT2D eigenvalue weighted by Gasteiger charge is -1.96. The maximum atomic E-state index is 4.81. The summed E-state index contributed by atoms with van der Waals surface area (Å²) in [7, 11) is 1.50. The molecule has 0 fully saturated rings. The van der Waals surface area contributed by atoms with Gasteiger partial charge in [-0.2, -0.15) is 5.90 Å². The molecule has 0 aliphatic carbocycles. The zero-order valence-electron chi connectivity index (χ0n) is 4.01. The molecule has 0 bridgehead atoms. The normalized spacial score (nSPS) is 11.0. The second-order valence-electron chi connectivity index (χ2n) is 0.791. The van der Waals surface area contributed by atoms with Crippen LogP contribution in [0.4, 0.5) is 0 Å². The molecule has 0 heterocycles. The van der Waals surface area contributed by atoms with Crippen LogP contribution in [0.3, 0.4) is 0 Å². The number of hydrogen-bond acceptors (Lipinski definition) is 4. The molecule has 5 N–H and O–H groups in total. The molecule has 0 atom stereocenters. The van der Waals surface area contributed by atoms with Gasteiger partial charge < -0.3 is 4.84 Å². The van der Waals surface area contributed by atoms with E-state index >= 15 is 0 Å². The van der Waals surface area contributed by atoms with E-state index in [0.717, 1.165) is 0 Å². The topological polar surface area (TPSA) is 85.7 Å². The van der Waals surface area contributed by atoms with Gasteiger partial charge in [-0.3, -0.25) is 5.43 Å². The molecule has 0 saturated heterocycles. The summed E-state index contributed by atoms with van der Waals surface area (Å²) in [6, 6.07) is 0.111. The molecule has 0 spiro atoms. The van der Waals surface area contributed by atoms with E-state index in [2.05, 4.69) is 21.2 Å². The molecule has 0 aliphatic heterocycles. The molecule has 0 radical (unpaired) electrons. The lowest BCUT2D eigenvalue weighted by molar-refractivity contribution is 0.303. The van der Waals surface area contributed by atoms with Gasteiger partial charge in [0.05, 0.1) is 0 Å². The SMILES string of the molecule is CN=C(NN)ON. The molecule has 0 aromatic heterocycles. The number of nitrogens with zero attached hydrogens (tertiary/aromatic N) is 1. The van der Waals surface area contributed by atoms with Crippen LogP contribution in [0.2, 0.25) is 0 Å². The van der Waals surface area contributed by atoms with Crippen LogP contribution in [0.15, 0.2) is 4.99 Å². The summed E-state index contributed by atoms with van der Waals surface area (Å²) in [6.45, 7) is 0. The number of amidine groups is 1. The largest absolute Gasteiger partial charge is 0.372 e. The van der Waals surface area contributed by atoms with Crippen molar-refractivity contribution in [2.24, 2.45) is 16.7 Å². The third kappa shape index (κ3) is 1.96. The highest BCUT2D eigenvalue weighted by molar-refractivity contribution is 5.72. The van der Waals surface area contributed by atoms with E-state index in [0.29, 0.717) is 0 Å². The van der Waals surface area contributed by atoms with Crippen molar-refractivity contribution >= 4 is 6.02 Å². The van der Waals surface area contributed by atoms with Crippen LogP contribution in [-0.2, 0) is 4.84 Å². The Morgan fingerprint density at radius 3 is 2.43 bits per heavy atom. The number of rotatable bonds is 0. The van der Waals surface area contributed by atoms with Crippen molar-refractivity contribution in [1.82, 2.24) is 5.43 Å². The third-order valence-corrected chi connectivity index (χ3v) is 0.438. The maximum absolute atomic E-state index is 4.81. The fourth-order valence-corrected chi connectivity index (χ4v) is 0.151. The first-order chi connectivity index (χ1) is 3.35. The zero-order chi connectivity index (χ0) is 5.70. The summed E-state index contributed by atoms with van der Waals surface area (Å²) in [5.41, 5.74) is 2.10. The Labute approximate surface area is 41.3 Å². The Morgan fingerprint density at radius 1 is 1.86 bits per heavy atom. The van der Waals surface area contributed by atoms with E-state index in [-0.39, 0.29) is 6.02 Å². The minimum absolute atomic E-state index is 0.111. The highest BCUT2D eigenvalue weighted by Crippen LogP contribution is 1.60. The molecular formula is C2H8N4O. The monoisotopic (exact) mass is 104 g/mol. The molecule has 0 aromatic carbocycles. The molecule has 7 heavy (non-hydrogen) atoms. The number of nitrogens with one attached hydrogen (secondary N) is 1. The predicted molar refractivity (Wildman–Crippen MR) is 26.0 cm³/mol. The van der Waals surface area contributed by atoms with E-state index in [1.807, 2.05) is 0 Å². The van der Waals surface area contributed by atoms with Gasteiger partial charge in [0.1, 0.15) is 0 Å². The van der Waals surface area contributed by atoms with E-state index in [1.165, 1.54) is 7.05 Å². The van der Waals surface area contributed by atoms with Gasteiger partial charge >= 0.3 is 6.02 Å². The van der Waals surface area contributed by atoms with Crippen LogP contribution in [0.5, 0.6) is 0 Å². The zero-order valence-corrected chi connectivity index (χ0v) is 4.01. The first-order valence-electron chi connectivity index (χ1n) is 1.65. The Morgan fingerprint density at radius 2 is 2.43 bits per heavy atom. The molecule has 5 nitrogen and oxygen atoms in total. The van der Waals surface area contributed by atoms with Crippen molar-refractivity contribution in [1.29, 1.82) is 0 Å². The third-order valence-electron chi connectivity index (χ3n) is 0.438. The average molecular weight is 104 g/mol. The van der Waals surface area contributed by atoms with E-state index in [4.69, 9.17) is 5.84 Å². The van der Waals surface area contributed by atoms with Crippen molar-refractivity contribution in [3.05, 3.63) is 0 Å². The smallest absolute Gasteiger partial charge is 0.318 e. The molecular weight excluding hydrogens is 96.0 g/mol. The number of hydrogen-bond donors (Lipinski definition) is 3. The molecule has 42 valence electrons. The van der Waals surface area contributed by atoms with Crippen LogP contribution in [0.1, 0.15) is 0 Å². The average Bonchev–Trinajstić information content (AvgIpc) is 1.72. The summed E-state index contributed by atoms with van der Waals surface area (Å²) in [6.07, 6.45) is 0. The highest BCUT2D eigenvalue weighted by atomic mass is 16.6. The molecule has 0 rings (SSSR count). The highest BCUT2D eigenvalue weighted by Gasteiger charge is 1.84. The summed E-state index contributed by atoms with van der Waals surface area (Å²) in [5, 5.41) is 0. The van der Waals surface area contributed by atoms with Crippen LogP contribution in [0.25, 0.3) is 0 Å². The van der Waals surface area contributed by atoms with Crippen molar-refractivity contribution in [3.63, 3.8) is 0 Å². The van der Waals surface area contributed by atoms with Crippen LogP contribution in [-0.4, -0.2) is 13.1 Å². The quantitative estimate of drug-likeness (QED) is 0.148. The second kappa shape index (κ2) is 3.38. The Balaban J connectivity index is 3.38. The lowest BCUT2D eigenvalue weighted by Crippen LogP contribution is -2.34. The van der Waals surface area contributed by atoms with Gasteiger partial charge in [-0.1, -0.05) is 0 Å². The summed E-state index contributed by atoms with van der Waals surface area (Å²) < 4.78 is 0. The fraction of sp³-hybridized carbons (Fsp3) is 0.500. The maximum Gasteiger partial charge on any atom is 0.318 e. The van der Waals surface area contributed by atoms with Crippen LogP contribution in [0, 0.1) is 0 Å². The van der Waals surface area contributed by atoms with Crippen LogP contribution < -0.4 is 17.2 Å². The Bertz CT molecular complexity index is 64.1. The van der Waals surface area contributed by atoms with Crippen molar-refractivity contribution < 1.29 is 4.84 Å². The van der Waals surface area contributed by atoms with Crippen molar-refractivity contribution in [2.75, 3.05) is 7.05 Å². The van der Waals surface area contributed by atoms with Gasteiger partial charge in [-0.15, -0.1) is 0 Å². The number of aliphatic imine (C=N–C) groups is 1. The van der Waals surface area contributed by atoms with Gasteiger partial charge in [0.15, 0.2) is 0 Å². The second-order valence-corrected chi connectivity index (χ2v) is 0.791.